The molecule has 170 valence electrons. The maximum atomic E-state index is 11.7. The number of hydrogen-bond acceptors (Lipinski definition) is 6. The highest BCUT2D eigenvalue weighted by Gasteiger charge is 2.47. The van der Waals surface area contributed by atoms with Gasteiger partial charge in [-0.3, -0.25) is 4.90 Å². The Morgan fingerprint density at radius 3 is 2.50 bits per heavy atom. The number of methoxy groups -OCH3 is 1. The highest BCUT2D eigenvalue weighted by molar-refractivity contribution is 5.31. The van der Waals surface area contributed by atoms with Gasteiger partial charge in [-0.2, -0.15) is 4.98 Å². The fourth-order valence-electron chi connectivity index (χ4n) is 5.21. The predicted molar refractivity (Wildman–Crippen MR) is 122 cm³/mol. The van der Waals surface area contributed by atoms with Gasteiger partial charge in [-0.1, -0.05) is 53.6 Å². The summed E-state index contributed by atoms with van der Waals surface area (Å²) >= 11 is 0. The first-order valence-corrected chi connectivity index (χ1v) is 11.9. The molecule has 0 spiro atoms. The first-order valence-electron chi connectivity index (χ1n) is 11.9. The number of nitrogens with zero attached hydrogens (tertiary/aromatic N) is 3. The van der Waals surface area contributed by atoms with Gasteiger partial charge < -0.3 is 14.4 Å². The molecule has 1 unspecified atom stereocenters. The molecule has 5 rings (SSSR count). The lowest BCUT2D eigenvalue weighted by Gasteiger charge is -2.39. The van der Waals surface area contributed by atoms with Crippen LogP contribution in [-0.4, -0.2) is 46.9 Å². The van der Waals surface area contributed by atoms with Crippen molar-refractivity contribution < 1.29 is 14.4 Å². The molecule has 1 saturated carbocycles. The lowest BCUT2D eigenvalue weighted by molar-refractivity contribution is -0.0286. The van der Waals surface area contributed by atoms with E-state index >= 15 is 0 Å². The minimum Gasteiger partial charge on any atom is -0.501 e. The molecule has 0 radical (unpaired) electrons. The molecule has 2 fully saturated rings. The second-order valence-corrected chi connectivity index (χ2v) is 9.43. The Balaban J connectivity index is 1.24. The molecule has 2 aliphatic carbocycles. The van der Waals surface area contributed by atoms with Crippen LogP contribution in [0.1, 0.15) is 68.1 Å². The second kappa shape index (κ2) is 9.20. The van der Waals surface area contributed by atoms with Crippen LogP contribution >= 0.6 is 0 Å². The Morgan fingerprint density at radius 1 is 1.09 bits per heavy atom. The predicted octanol–water partition coefficient (Wildman–Crippen LogP) is 4.54. The lowest BCUT2D eigenvalue weighted by Crippen LogP contribution is -2.41. The van der Waals surface area contributed by atoms with Gasteiger partial charge in [0, 0.05) is 18.9 Å². The van der Waals surface area contributed by atoms with Gasteiger partial charge in [0.2, 0.25) is 11.7 Å². The average Bonchev–Trinajstić information content (AvgIpc) is 3.30. The van der Waals surface area contributed by atoms with E-state index in [1.807, 2.05) is 30.3 Å². The number of aliphatic hydroxyl groups is 1. The topological polar surface area (TPSA) is 71.6 Å². The van der Waals surface area contributed by atoms with Crippen LogP contribution in [0.3, 0.4) is 0 Å². The molecule has 1 atom stereocenters. The normalized spacial score (nSPS) is 22.6. The van der Waals surface area contributed by atoms with Crippen LogP contribution in [0.2, 0.25) is 0 Å². The van der Waals surface area contributed by atoms with Gasteiger partial charge in [0.25, 0.3) is 0 Å². The lowest BCUT2D eigenvalue weighted by atomic mass is 9.69. The van der Waals surface area contributed by atoms with E-state index in [1.54, 1.807) is 7.11 Å². The highest BCUT2D eigenvalue weighted by atomic mass is 16.5. The van der Waals surface area contributed by atoms with Gasteiger partial charge in [0.1, 0.15) is 0 Å². The van der Waals surface area contributed by atoms with Crippen molar-refractivity contribution in [2.45, 2.75) is 56.5 Å². The summed E-state index contributed by atoms with van der Waals surface area (Å²) in [5.74, 6) is 2.58. The van der Waals surface area contributed by atoms with Crippen molar-refractivity contribution in [2.24, 2.45) is 5.92 Å². The van der Waals surface area contributed by atoms with E-state index in [4.69, 9.17) is 14.2 Å². The van der Waals surface area contributed by atoms with Crippen LogP contribution in [0.15, 0.2) is 58.3 Å². The molecule has 32 heavy (non-hydrogen) atoms. The Hall–Kier alpha value is -2.44. The van der Waals surface area contributed by atoms with E-state index in [1.165, 1.54) is 5.57 Å². The molecule has 1 N–H and O–H groups in total. The van der Waals surface area contributed by atoms with Crippen LogP contribution < -0.4 is 0 Å². The maximum absolute atomic E-state index is 11.7. The quantitative estimate of drug-likeness (QED) is 0.689. The van der Waals surface area contributed by atoms with Crippen molar-refractivity contribution in [1.82, 2.24) is 15.0 Å². The summed E-state index contributed by atoms with van der Waals surface area (Å²) in [6.07, 6.45) is 11.5. The molecule has 1 aromatic heterocycles. The Kier molecular flexibility index (Phi) is 6.15. The fourth-order valence-corrected chi connectivity index (χ4v) is 5.21. The number of likely N-dealkylation sites (tertiary alicyclic amines) is 1. The summed E-state index contributed by atoms with van der Waals surface area (Å²) in [6.45, 7) is 3.06. The number of hydrogen-bond donors (Lipinski definition) is 1. The molecule has 1 saturated heterocycles. The molecule has 1 aliphatic heterocycles. The summed E-state index contributed by atoms with van der Waals surface area (Å²) in [5, 5.41) is 16.0. The Bertz CT molecular complexity index is 971. The van der Waals surface area contributed by atoms with Gasteiger partial charge >= 0.3 is 0 Å². The van der Waals surface area contributed by atoms with E-state index in [2.05, 4.69) is 22.2 Å². The van der Waals surface area contributed by atoms with Crippen molar-refractivity contribution >= 4 is 0 Å². The molecule has 2 aromatic rings. The van der Waals surface area contributed by atoms with Crippen molar-refractivity contribution in [2.75, 3.05) is 26.7 Å². The minimum atomic E-state index is -1.16. The molecule has 6 nitrogen and oxygen atoms in total. The largest absolute Gasteiger partial charge is 0.501 e. The van der Waals surface area contributed by atoms with Gasteiger partial charge in [-0.15, -0.1) is 0 Å². The molecule has 2 heterocycles. The number of rotatable bonds is 7. The van der Waals surface area contributed by atoms with Gasteiger partial charge in [-0.05, 0) is 62.8 Å². The van der Waals surface area contributed by atoms with Crippen molar-refractivity contribution in [3.8, 4) is 0 Å². The third kappa shape index (κ3) is 4.14. The third-order valence-electron chi connectivity index (χ3n) is 7.52. The zero-order valence-electron chi connectivity index (χ0n) is 18.9. The standard InChI is InChI=1S/C26H33N3O3/c1-31-23-12-10-19(11-13-23)18-29-16-14-20(15-17-29)24-27-25(28-32-24)26(30,22-8-5-9-22)21-6-3-2-4-7-21/h2-4,6-7,10,12,20,22,30H,5,8-9,11,13-18H2,1H3. The van der Waals surface area contributed by atoms with Gasteiger partial charge in [0.15, 0.2) is 5.60 Å². The molecule has 0 bridgehead atoms. The molecule has 1 aromatic carbocycles. The van der Waals surface area contributed by atoms with Crippen molar-refractivity contribution in [1.29, 1.82) is 0 Å². The van der Waals surface area contributed by atoms with E-state index in [0.717, 1.165) is 75.9 Å². The monoisotopic (exact) mass is 435 g/mol. The van der Waals surface area contributed by atoms with Gasteiger partial charge in [-0.25, -0.2) is 0 Å². The zero-order valence-corrected chi connectivity index (χ0v) is 18.9. The summed E-state index contributed by atoms with van der Waals surface area (Å²) in [7, 11) is 1.74. The first-order chi connectivity index (χ1) is 15.7. The van der Waals surface area contributed by atoms with Crippen molar-refractivity contribution in [3.05, 3.63) is 71.1 Å². The number of allylic oxidation sites excluding steroid dienone is 3. The molecular weight excluding hydrogens is 402 g/mol. The van der Waals surface area contributed by atoms with Crippen LogP contribution in [-0.2, 0) is 10.3 Å². The van der Waals surface area contributed by atoms with Crippen LogP contribution in [0, 0.1) is 5.92 Å². The number of aromatic nitrogens is 2. The van der Waals surface area contributed by atoms with Gasteiger partial charge in [0.05, 0.1) is 12.9 Å². The maximum Gasteiger partial charge on any atom is 0.229 e. The minimum absolute atomic E-state index is 0.147. The fraction of sp³-hybridized carbons (Fsp3) is 0.538. The molecule has 0 amide bonds. The number of benzene rings is 1. The van der Waals surface area contributed by atoms with E-state index < -0.39 is 5.60 Å². The summed E-state index contributed by atoms with van der Waals surface area (Å²) in [5.41, 5.74) is 1.17. The third-order valence-corrected chi connectivity index (χ3v) is 7.52. The Labute approximate surface area is 190 Å². The van der Waals surface area contributed by atoms with Crippen molar-refractivity contribution in [3.63, 3.8) is 0 Å². The van der Waals surface area contributed by atoms with Crippen LogP contribution in [0.5, 0.6) is 0 Å². The molecular formula is C26H33N3O3. The average molecular weight is 436 g/mol. The van der Waals surface area contributed by atoms with Crippen LogP contribution in [0.25, 0.3) is 0 Å². The van der Waals surface area contributed by atoms with E-state index in [9.17, 15) is 5.11 Å². The smallest absolute Gasteiger partial charge is 0.229 e. The van der Waals surface area contributed by atoms with E-state index in [-0.39, 0.29) is 11.8 Å². The summed E-state index contributed by atoms with van der Waals surface area (Å²) in [6, 6.07) is 9.83. The zero-order chi connectivity index (χ0) is 22.0. The number of piperidine rings is 1. The highest BCUT2D eigenvalue weighted by Crippen LogP contribution is 2.46. The second-order valence-electron chi connectivity index (χ2n) is 9.43. The Morgan fingerprint density at radius 2 is 1.88 bits per heavy atom. The van der Waals surface area contributed by atoms with Crippen LogP contribution in [0.4, 0.5) is 0 Å². The first kappa shape index (κ1) is 21.4. The SMILES string of the molecule is COC1=CC=C(CN2CCC(c3nc(C(O)(c4ccccc4)C4CCC4)no3)CC2)CC1. The summed E-state index contributed by atoms with van der Waals surface area (Å²) in [4.78, 5) is 7.28. The molecule has 3 aliphatic rings. The number of ether oxygens (including phenoxy) is 1. The molecule has 6 heteroatoms. The van der Waals surface area contributed by atoms with E-state index in [0.29, 0.717) is 11.7 Å². The summed E-state index contributed by atoms with van der Waals surface area (Å²) < 4.78 is 11.1.